The third kappa shape index (κ3) is 3.68. The SMILES string of the molecule is CC(C)[C@@H]1C[C@H](C(F)(F)F)n2nc([C@@H]3CCCN3S(=O)(=O)c3cccnc3)cc2N1. The van der Waals surface area contributed by atoms with Gasteiger partial charge in [-0.05, 0) is 37.3 Å². The van der Waals surface area contributed by atoms with E-state index in [1.54, 1.807) is 6.07 Å². The van der Waals surface area contributed by atoms with Gasteiger partial charge in [0, 0.05) is 31.0 Å². The van der Waals surface area contributed by atoms with Crippen LogP contribution in [-0.4, -0.2) is 46.3 Å². The zero-order chi connectivity index (χ0) is 21.7. The minimum absolute atomic E-state index is 0.0101. The molecule has 0 unspecified atom stereocenters. The summed E-state index contributed by atoms with van der Waals surface area (Å²) in [6.07, 6.45) is -0.686. The van der Waals surface area contributed by atoms with E-state index in [2.05, 4.69) is 15.4 Å². The minimum Gasteiger partial charge on any atom is -0.367 e. The quantitative estimate of drug-likeness (QED) is 0.779. The van der Waals surface area contributed by atoms with Crippen LogP contribution < -0.4 is 5.32 Å². The molecule has 2 aromatic heterocycles. The van der Waals surface area contributed by atoms with E-state index >= 15 is 0 Å². The van der Waals surface area contributed by atoms with Gasteiger partial charge in [0.25, 0.3) is 0 Å². The average Bonchev–Trinajstić information content (AvgIpc) is 3.33. The lowest BCUT2D eigenvalue weighted by atomic mass is 9.94. The summed E-state index contributed by atoms with van der Waals surface area (Å²) in [6.45, 7) is 4.03. The van der Waals surface area contributed by atoms with Crippen molar-refractivity contribution in [1.82, 2.24) is 19.1 Å². The monoisotopic (exact) mass is 443 g/mol. The van der Waals surface area contributed by atoms with Gasteiger partial charge in [-0.1, -0.05) is 13.8 Å². The maximum Gasteiger partial charge on any atom is 0.410 e. The largest absolute Gasteiger partial charge is 0.410 e. The van der Waals surface area contributed by atoms with Crippen molar-refractivity contribution in [3.05, 3.63) is 36.3 Å². The van der Waals surface area contributed by atoms with Crippen molar-refractivity contribution >= 4 is 15.8 Å². The Kier molecular flexibility index (Phi) is 5.29. The molecule has 0 amide bonds. The summed E-state index contributed by atoms with van der Waals surface area (Å²) in [5.74, 6) is 0.291. The molecule has 0 aromatic carbocycles. The number of aromatic nitrogens is 3. The topological polar surface area (TPSA) is 80.1 Å². The Labute approximate surface area is 173 Å². The van der Waals surface area contributed by atoms with Gasteiger partial charge < -0.3 is 5.32 Å². The molecule has 0 spiro atoms. The number of hydrogen-bond acceptors (Lipinski definition) is 5. The molecule has 0 radical (unpaired) electrons. The van der Waals surface area contributed by atoms with Gasteiger partial charge in [-0.25, -0.2) is 13.1 Å². The number of anilines is 1. The van der Waals surface area contributed by atoms with Crippen LogP contribution in [0.1, 0.15) is 50.9 Å². The van der Waals surface area contributed by atoms with Crippen molar-refractivity contribution in [2.24, 2.45) is 5.92 Å². The van der Waals surface area contributed by atoms with Gasteiger partial charge in [-0.3, -0.25) is 4.98 Å². The summed E-state index contributed by atoms with van der Waals surface area (Å²) >= 11 is 0. The Balaban J connectivity index is 1.70. The molecule has 2 aliphatic rings. The van der Waals surface area contributed by atoms with Gasteiger partial charge in [0.15, 0.2) is 6.04 Å². The van der Waals surface area contributed by atoms with E-state index in [4.69, 9.17) is 0 Å². The smallest absolute Gasteiger partial charge is 0.367 e. The summed E-state index contributed by atoms with van der Waals surface area (Å²) in [4.78, 5) is 3.94. The molecule has 3 atom stereocenters. The van der Waals surface area contributed by atoms with E-state index in [1.807, 2.05) is 13.8 Å². The van der Waals surface area contributed by atoms with Gasteiger partial charge in [-0.15, -0.1) is 0 Å². The summed E-state index contributed by atoms with van der Waals surface area (Å²) in [5.41, 5.74) is 0.334. The first kappa shape index (κ1) is 21.1. The van der Waals surface area contributed by atoms with Crippen LogP contribution in [0.15, 0.2) is 35.5 Å². The van der Waals surface area contributed by atoms with Gasteiger partial charge in [-0.2, -0.15) is 22.6 Å². The molecule has 30 heavy (non-hydrogen) atoms. The standard InChI is InChI=1S/C19H24F3N5O2S/c1-12(2)14-9-17(19(20,21)22)27-18(24-14)10-15(25-27)16-6-4-8-26(16)30(28,29)13-5-3-7-23-11-13/h3,5,7,10-12,14,16-17,24H,4,6,8-9H2,1-2H3/t14-,16-,17+/m0/s1. The summed E-state index contributed by atoms with van der Waals surface area (Å²) in [7, 11) is -3.82. The van der Waals surface area contributed by atoms with Crippen LogP contribution in [0.25, 0.3) is 0 Å². The molecule has 2 aromatic rings. The van der Waals surface area contributed by atoms with E-state index in [0.29, 0.717) is 18.5 Å². The zero-order valence-electron chi connectivity index (χ0n) is 16.7. The first-order valence-electron chi connectivity index (χ1n) is 9.93. The number of nitrogens with one attached hydrogen (secondary N) is 1. The first-order chi connectivity index (χ1) is 14.1. The number of nitrogens with zero attached hydrogens (tertiary/aromatic N) is 4. The number of sulfonamides is 1. The molecule has 0 bridgehead atoms. The highest BCUT2D eigenvalue weighted by atomic mass is 32.2. The number of hydrogen-bond donors (Lipinski definition) is 1. The fraction of sp³-hybridized carbons (Fsp3) is 0.579. The lowest BCUT2D eigenvalue weighted by Gasteiger charge is -2.35. The normalized spacial score (nSPS) is 25.3. The van der Waals surface area contributed by atoms with Crippen LogP contribution in [0, 0.1) is 5.92 Å². The number of rotatable bonds is 4. The molecule has 1 fully saturated rings. The number of pyridine rings is 1. The third-order valence-corrected chi connectivity index (χ3v) is 7.72. The van der Waals surface area contributed by atoms with Gasteiger partial charge >= 0.3 is 6.18 Å². The zero-order valence-corrected chi connectivity index (χ0v) is 17.5. The highest BCUT2D eigenvalue weighted by Gasteiger charge is 2.47. The Hall–Kier alpha value is -2.14. The Morgan fingerprint density at radius 1 is 1.30 bits per heavy atom. The summed E-state index contributed by atoms with van der Waals surface area (Å²) < 4.78 is 69.6. The van der Waals surface area contributed by atoms with E-state index < -0.39 is 28.3 Å². The molecule has 0 saturated carbocycles. The second-order valence-corrected chi connectivity index (χ2v) is 10.0. The average molecular weight is 443 g/mol. The third-order valence-electron chi connectivity index (χ3n) is 5.83. The van der Waals surface area contributed by atoms with Crippen LogP contribution in [0.4, 0.5) is 19.0 Å². The van der Waals surface area contributed by atoms with Crippen molar-refractivity contribution in [1.29, 1.82) is 0 Å². The maximum absolute atomic E-state index is 13.7. The minimum atomic E-state index is -4.44. The predicted octanol–water partition coefficient (Wildman–Crippen LogP) is 3.75. The van der Waals surface area contributed by atoms with Crippen molar-refractivity contribution < 1.29 is 21.6 Å². The highest BCUT2D eigenvalue weighted by molar-refractivity contribution is 7.89. The maximum atomic E-state index is 13.7. The second-order valence-electron chi connectivity index (χ2n) is 8.15. The lowest BCUT2D eigenvalue weighted by molar-refractivity contribution is -0.174. The van der Waals surface area contributed by atoms with Crippen LogP contribution >= 0.6 is 0 Å². The molecule has 2 aliphatic heterocycles. The molecule has 1 saturated heterocycles. The van der Waals surface area contributed by atoms with Crippen molar-refractivity contribution in [2.75, 3.05) is 11.9 Å². The van der Waals surface area contributed by atoms with Gasteiger partial charge in [0.1, 0.15) is 10.7 Å². The first-order valence-corrected chi connectivity index (χ1v) is 11.4. The number of fused-ring (bicyclic) bond motifs is 1. The second kappa shape index (κ2) is 7.52. The Morgan fingerprint density at radius 2 is 2.07 bits per heavy atom. The van der Waals surface area contributed by atoms with E-state index in [9.17, 15) is 21.6 Å². The van der Waals surface area contributed by atoms with Gasteiger partial charge in [0.2, 0.25) is 10.0 Å². The molecule has 11 heteroatoms. The highest BCUT2D eigenvalue weighted by Crippen LogP contribution is 2.43. The van der Waals surface area contributed by atoms with Crippen LogP contribution in [0.2, 0.25) is 0 Å². The molecule has 1 N–H and O–H groups in total. The summed E-state index contributed by atoms with van der Waals surface area (Å²) in [5, 5.41) is 7.39. The molecular formula is C19H24F3N5O2S. The molecule has 4 heterocycles. The Morgan fingerprint density at radius 3 is 2.70 bits per heavy atom. The molecule has 7 nitrogen and oxygen atoms in total. The van der Waals surface area contributed by atoms with Crippen LogP contribution in [0.3, 0.4) is 0 Å². The van der Waals surface area contributed by atoms with Crippen molar-refractivity contribution in [3.63, 3.8) is 0 Å². The molecular weight excluding hydrogens is 419 g/mol. The van der Waals surface area contributed by atoms with E-state index in [1.165, 1.54) is 28.8 Å². The van der Waals surface area contributed by atoms with E-state index in [-0.39, 0.29) is 35.6 Å². The fourth-order valence-electron chi connectivity index (χ4n) is 4.18. The van der Waals surface area contributed by atoms with Gasteiger partial charge in [0.05, 0.1) is 11.7 Å². The number of alkyl halides is 3. The van der Waals surface area contributed by atoms with Crippen molar-refractivity contribution in [2.45, 2.75) is 62.3 Å². The molecule has 4 rings (SSSR count). The predicted molar refractivity (Wildman–Crippen MR) is 104 cm³/mol. The summed E-state index contributed by atoms with van der Waals surface area (Å²) in [6, 6.07) is 1.88. The Bertz CT molecular complexity index is 1010. The van der Waals surface area contributed by atoms with Crippen molar-refractivity contribution in [3.8, 4) is 0 Å². The van der Waals surface area contributed by atoms with E-state index in [0.717, 1.165) is 4.68 Å². The molecule has 164 valence electrons. The van der Waals surface area contributed by atoms with Crippen LogP contribution in [0.5, 0.6) is 0 Å². The lowest BCUT2D eigenvalue weighted by Crippen LogP contribution is -2.41. The van der Waals surface area contributed by atoms with Crippen LogP contribution in [-0.2, 0) is 10.0 Å². The number of halogens is 3. The fourth-order valence-corrected chi connectivity index (χ4v) is 5.81. The molecule has 0 aliphatic carbocycles.